The van der Waals surface area contributed by atoms with Crippen LogP contribution in [0.2, 0.25) is 0 Å². The van der Waals surface area contributed by atoms with Crippen molar-refractivity contribution in [1.82, 2.24) is 5.32 Å². The van der Waals surface area contributed by atoms with E-state index < -0.39 is 11.4 Å². The molecule has 1 amide bonds. The molecule has 120 valence electrons. The van der Waals surface area contributed by atoms with E-state index in [2.05, 4.69) is 23.5 Å². The Hall–Kier alpha value is -2.56. The molecule has 1 aliphatic rings. The summed E-state index contributed by atoms with van der Waals surface area (Å²) in [6.45, 7) is 4.25. The van der Waals surface area contributed by atoms with Gasteiger partial charge in [-0.15, -0.1) is 0 Å². The van der Waals surface area contributed by atoms with Gasteiger partial charge in [-0.25, -0.2) is 4.79 Å². The highest BCUT2D eigenvalue weighted by molar-refractivity contribution is 5.91. The summed E-state index contributed by atoms with van der Waals surface area (Å²) in [6.07, 6.45) is 1.67. The number of furan rings is 1. The lowest BCUT2D eigenvalue weighted by molar-refractivity contribution is -0.123. The van der Waals surface area contributed by atoms with Crippen molar-refractivity contribution in [2.45, 2.75) is 38.6 Å². The number of amides is 1. The number of aryl methyl sites for hydroxylation is 2. The first-order chi connectivity index (χ1) is 10.9. The van der Waals surface area contributed by atoms with Crippen molar-refractivity contribution in [2.75, 3.05) is 0 Å². The minimum absolute atomic E-state index is 0.0317. The van der Waals surface area contributed by atoms with Crippen LogP contribution < -0.4 is 5.32 Å². The molecule has 0 bridgehead atoms. The maximum absolute atomic E-state index is 12.6. The van der Waals surface area contributed by atoms with E-state index in [0.29, 0.717) is 5.76 Å². The lowest BCUT2D eigenvalue weighted by Gasteiger charge is -2.16. The Labute approximate surface area is 134 Å². The van der Waals surface area contributed by atoms with Crippen LogP contribution in [0.3, 0.4) is 0 Å². The van der Waals surface area contributed by atoms with Gasteiger partial charge in [0, 0.05) is 0 Å². The van der Waals surface area contributed by atoms with Gasteiger partial charge in [-0.05, 0) is 44.4 Å². The van der Waals surface area contributed by atoms with Gasteiger partial charge in [0.05, 0.1) is 12.0 Å². The van der Waals surface area contributed by atoms with Gasteiger partial charge < -0.3 is 14.8 Å². The zero-order valence-corrected chi connectivity index (χ0v) is 13.2. The van der Waals surface area contributed by atoms with Crippen molar-refractivity contribution in [2.24, 2.45) is 0 Å². The normalized spacial score (nSPS) is 15.2. The van der Waals surface area contributed by atoms with Crippen molar-refractivity contribution in [3.05, 3.63) is 58.5 Å². The van der Waals surface area contributed by atoms with Crippen molar-refractivity contribution in [3.63, 3.8) is 0 Å². The molecule has 1 aromatic heterocycles. The van der Waals surface area contributed by atoms with Crippen LogP contribution in [0.1, 0.15) is 45.8 Å². The number of hydrogen-bond donors (Lipinski definition) is 2. The SMILES string of the molecule is Cc1cc(C)cc(C2(C(=O)NCc3ccc(C(=O)O)o3)CC2)c1. The summed E-state index contributed by atoms with van der Waals surface area (Å²) in [6, 6.07) is 9.18. The van der Waals surface area contributed by atoms with E-state index in [1.54, 1.807) is 6.07 Å². The van der Waals surface area contributed by atoms with Crippen molar-refractivity contribution < 1.29 is 19.1 Å². The maximum atomic E-state index is 12.6. The van der Waals surface area contributed by atoms with Crippen LogP contribution >= 0.6 is 0 Å². The second-order valence-electron chi connectivity index (χ2n) is 6.21. The first kappa shape index (κ1) is 15.3. The number of carboxylic acids is 1. The Balaban J connectivity index is 1.71. The summed E-state index contributed by atoms with van der Waals surface area (Å²) in [5.74, 6) is -0.830. The summed E-state index contributed by atoms with van der Waals surface area (Å²) in [5, 5.41) is 11.7. The van der Waals surface area contributed by atoms with Crippen LogP contribution in [0.4, 0.5) is 0 Å². The molecule has 2 N–H and O–H groups in total. The highest BCUT2D eigenvalue weighted by Gasteiger charge is 2.51. The van der Waals surface area contributed by atoms with Crippen molar-refractivity contribution in [3.8, 4) is 0 Å². The Morgan fingerprint density at radius 3 is 2.35 bits per heavy atom. The van der Waals surface area contributed by atoms with E-state index in [1.807, 2.05) is 13.8 Å². The number of carbonyl (C=O) groups is 2. The average molecular weight is 313 g/mol. The molecular weight excluding hydrogens is 294 g/mol. The average Bonchev–Trinajstić information content (AvgIpc) is 3.16. The molecule has 1 aliphatic carbocycles. The van der Waals surface area contributed by atoms with Crippen molar-refractivity contribution in [1.29, 1.82) is 0 Å². The topological polar surface area (TPSA) is 79.5 Å². The zero-order chi connectivity index (χ0) is 16.6. The molecule has 23 heavy (non-hydrogen) atoms. The van der Waals surface area contributed by atoms with Crippen LogP contribution in [0, 0.1) is 13.8 Å². The molecular formula is C18H19NO4. The number of benzene rings is 1. The molecule has 2 aromatic rings. The van der Waals surface area contributed by atoms with Crippen molar-refractivity contribution >= 4 is 11.9 Å². The Morgan fingerprint density at radius 2 is 1.83 bits per heavy atom. The third-order valence-electron chi connectivity index (χ3n) is 4.25. The van der Waals surface area contributed by atoms with Crippen LogP contribution in [0.25, 0.3) is 0 Å². The van der Waals surface area contributed by atoms with Crippen LogP contribution in [0.5, 0.6) is 0 Å². The largest absolute Gasteiger partial charge is 0.475 e. The number of aromatic carboxylic acids is 1. The lowest BCUT2D eigenvalue weighted by Crippen LogP contribution is -2.34. The number of carbonyl (C=O) groups excluding carboxylic acids is 1. The Kier molecular flexibility index (Phi) is 3.72. The highest BCUT2D eigenvalue weighted by Crippen LogP contribution is 2.48. The summed E-state index contributed by atoms with van der Waals surface area (Å²) in [5.41, 5.74) is 2.91. The first-order valence-electron chi connectivity index (χ1n) is 7.60. The number of hydrogen-bond acceptors (Lipinski definition) is 3. The van der Waals surface area contributed by atoms with Crippen LogP contribution in [-0.2, 0) is 16.8 Å². The third-order valence-corrected chi connectivity index (χ3v) is 4.25. The molecule has 0 aliphatic heterocycles. The van der Waals surface area contributed by atoms with Gasteiger partial charge in [-0.1, -0.05) is 29.3 Å². The molecule has 0 saturated heterocycles. The maximum Gasteiger partial charge on any atom is 0.371 e. The molecule has 3 rings (SSSR count). The van der Waals surface area contributed by atoms with Crippen LogP contribution in [0.15, 0.2) is 34.7 Å². The summed E-state index contributed by atoms with van der Waals surface area (Å²) < 4.78 is 5.16. The molecule has 1 saturated carbocycles. The molecule has 5 nitrogen and oxygen atoms in total. The van der Waals surface area contributed by atoms with E-state index in [1.165, 1.54) is 6.07 Å². The molecule has 1 fully saturated rings. The van der Waals surface area contributed by atoms with E-state index in [4.69, 9.17) is 9.52 Å². The molecule has 0 spiro atoms. The van der Waals surface area contributed by atoms with Gasteiger partial charge in [0.2, 0.25) is 11.7 Å². The quantitative estimate of drug-likeness (QED) is 0.889. The summed E-state index contributed by atoms with van der Waals surface area (Å²) >= 11 is 0. The minimum atomic E-state index is -1.11. The van der Waals surface area contributed by atoms with E-state index >= 15 is 0 Å². The fourth-order valence-corrected chi connectivity index (χ4v) is 2.95. The number of carboxylic acid groups (broad SMARTS) is 1. The van der Waals surface area contributed by atoms with Gasteiger partial charge in [0.15, 0.2) is 0 Å². The predicted octanol–water partition coefficient (Wildman–Crippen LogP) is 2.94. The summed E-state index contributed by atoms with van der Waals surface area (Å²) in [4.78, 5) is 23.4. The van der Waals surface area contributed by atoms with Crippen LogP contribution in [-0.4, -0.2) is 17.0 Å². The monoisotopic (exact) mass is 313 g/mol. The van der Waals surface area contributed by atoms with Gasteiger partial charge in [-0.3, -0.25) is 4.79 Å². The lowest BCUT2D eigenvalue weighted by atomic mass is 9.92. The van der Waals surface area contributed by atoms with Gasteiger partial charge in [-0.2, -0.15) is 0 Å². The Bertz CT molecular complexity index is 751. The molecule has 1 heterocycles. The van der Waals surface area contributed by atoms with E-state index in [-0.39, 0.29) is 18.2 Å². The fourth-order valence-electron chi connectivity index (χ4n) is 2.95. The van der Waals surface area contributed by atoms with Gasteiger partial charge in [0.25, 0.3) is 0 Å². The van der Waals surface area contributed by atoms with Gasteiger partial charge >= 0.3 is 5.97 Å². The number of nitrogens with one attached hydrogen (secondary N) is 1. The molecule has 0 radical (unpaired) electrons. The smallest absolute Gasteiger partial charge is 0.371 e. The minimum Gasteiger partial charge on any atom is -0.475 e. The summed E-state index contributed by atoms with van der Waals surface area (Å²) in [7, 11) is 0. The molecule has 0 unspecified atom stereocenters. The first-order valence-corrected chi connectivity index (χ1v) is 7.60. The van der Waals surface area contributed by atoms with E-state index in [9.17, 15) is 9.59 Å². The van der Waals surface area contributed by atoms with E-state index in [0.717, 1.165) is 29.5 Å². The molecule has 1 aromatic carbocycles. The highest BCUT2D eigenvalue weighted by atomic mass is 16.4. The predicted molar refractivity (Wildman–Crippen MR) is 84.3 cm³/mol. The standard InChI is InChI=1S/C18H19NO4/c1-11-7-12(2)9-13(8-11)18(5-6-18)17(22)19-10-14-3-4-15(23-14)16(20)21/h3-4,7-9H,5-6,10H2,1-2H3,(H,19,22)(H,20,21). The molecule has 5 heteroatoms. The second kappa shape index (κ2) is 5.57. The Morgan fingerprint density at radius 1 is 1.17 bits per heavy atom. The number of rotatable bonds is 5. The fraction of sp³-hybridized carbons (Fsp3) is 0.333. The second-order valence-corrected chi connectivity index (χ2v) is 6.21. The van der Waals surface area contributed by atoms with Gasteiger partial charge in [0.1, 0.15) is 5.76 Å². The molecule has 0 atom stereocenters. The third kappa shape index (κ3) is 2.99. The zero-order valence-electron chi connectivity index (χ0n) is 13.2.